The molecule has 3 rings (SSSR count). The molecule has 7 heteroatoms. The average Bonchev–Trinajstić information content (AvgIpc) is 3.20. The van der Waals surface area contributed by atoms with Crippen LogP contribution in [0.4, 0.5) is 5.69 Å². The summed E-state index contributed by atoms with van der Waals surface area (Å²) in [6.45, 7) is 0.567. The van der Waals surface area contributed by atoms with Gasteiger partial charge < -0.3 is 14.0 Å². The van der Waals surface area contributed by atoms with Crippen molar-refractivity contribution in [1.82, 2.24) is 9.55 Å². The Balaban J connectivity index is 2.03. The molecule has 0 saturated heterocycles. The van der Waals surface area contributed by atoms with Crippen LogP contribution < -0.4 is 9.47 Å². The van der Waals surface area contributed by atoms with Gasteiger partial charge in [0.05, 0.1) is 25.5 Å². The van der Waals surface area contributed by atoms with Gasteiger partial charge in [-0.25, -0.2) is 4.98 Å². The SMILES string of the molecule is COc1cc(/C=C(\Cn2ccnc2)c2ccc([N+](=O)[O-])cc2)cc(OC)c1. The molecule has 7 nitrogen and oxygen atoms in total. The monoisotopic (exact) mass is 365 g/mol. The van der Waals surface area contributed by atoms with Gasteiger partial charge in [0.2, 0.25) is 0 Å². The number of hydrogen-bond donors (Lipinski definition) is 0. The lowest BCUT2D eigenvalue weighted by molar-refractivity contribution is -0.384. The zero-order valence-corrected chi connectivity index (χ0v) is 15.0. The number of nitro benzene ring substituents is 1. The third-order valence-corrected chi connectivity index (χ3v) is 4.08. The van der Waals surface area contributed by atoms with Gasteiger partial charge in [-0.2, -0.15) is 0 Å². The second kappa shape index (κ2) is 8.18. The van der Waals surface area contributed by atoms with Crippen molar-refractivity contribution in [3.8, 4) is 11.5 Å². The van der Waals surface area contributed by atoms with Crippen LogP contribution in [0.2, 0.25) is 0 Å². The van der Waals surface area contributed by atoms with Crippen LogP contribution in [0.1, 0.15) is 11.1 Å². The molecule has 0 amide bonds. The normalized spacial score (nSPS) is 11.3. The van der Waals surface area contributed by atoms with Crippen molar-refractivity contribution in [2.75, 3.05) is 14.2 Å². The van der Waals surface area contributed by atoms with Gasteiger partial charge in [0.15, 0.2) is 0 Å². The van der Waals surface area contributed by atoms with Gasteiger partial charge in [0, 0.05) is 37.1 Å². The average molecular weight is 365 g/mol. The zero-order chi connectivity index (χ0) is 19.2. The molecule has 0 atom stereocenters. The lowest BCUT2D eigenvalue weighted by atomic mass is 10.0. The number of methoxy groups -OCH3 is 2. The molecule has 1 heterocycles. The van der Waals surface area contributed by atoms with E-state index in [-0.39, 0.29) is 5.69 Å². The number of nitrogens with zero attached hydrogens (tertiary/aromatic N) is 3. The molecule has 0 spiro atoms. The second-order valence-electron chi connectivity index (χ2n) is 5.85. The number of hydrogen-bond acceptors (Lipinski definition) is 5. The summed E-state index contributed by atoms with van der Waals surface area (Å²) in [4.78, 5) is 14.6. The predicted molar refractivity (Wildman–Crippen MR) is 103 cm³/mol. The van der Waals surface area contributed by atoms with E-state index in [0.717, 1.165) is 16.7 Å². The minimum absolute atomic E-state index is 0.0591. The molecule has 27 heavy (non-hydrogen) atoms. The molecule has 138 valence electrons. The van der Waals surface area contributed by atoms with E-state index < -0.39 is 4.92 Å². The minimum atomic E-state index is -0.407. The Bertz CT molecular complexity index is 926. The van der Waals surface area contributed by atoms with Crippen LogP contribution >= 0.6 is 0 Å². The van der Waals surface area contributed by atoms with Gasteiger partial charge in [-0.1, -0.05) is 0 Å². The first kappa shape index (κ1) is 18.2. The number of nitro groups is 1. The summed E-state index contributed by atoms with van der Waals surface area (Å²) in [5, 5.41) is 10.9. The van der Waals surface area contributed by atoms with Crippen molar-refractivity contribution in [1.29, 1.82) is 0 Å². The highest BCUT2D eigenvalue weighted by molar-refractivity contribution is 5.82. The van der Waals surface area contributed by atoms with E-state index in [4.69, 9.17) is 9.47 Å². The first-order valence-corrected chi connectivity index (χ1v) is 8.23. The molecular formula is C20H19N3O4. The minimum Gasteiger partial charge on any atom is -0.497 e. The van der Waals surface area contributed by atoms with Crippen LogP contribution in [-0.4, -0.2) is 28.7 Å². The molecule has 1 aromatic heterocycles. The van der Waals surface area contributed by atoms with Crippen molar-refractivity contribution in [3.63, 3.8) is 0 Å². The van der Waals surface area contributed by atoms with Gasteiger partial charge >= 0.3 is 0 Å². The third-order valence-electron chi connectivity index (χ3n) is 4.08. The predicted octanol–water partition coefficient (Wildman–Crippen LogP) is 4.05. The van der Waals surface area contributed by atoms with Crippen LogP contribution in [0.15, 0.2) is 61.2 Å². The maximum atomic E-state index is 10.9. The maximum absolute atomic E-state index is 10.9. The fourth-order valence-corrected chi connectivity index (χ4v) is 2.71. The van der Waals surface area contributed by atoms with Gasteiger partial charge in [0.25, 0.3) is 5.69 Å². The molecule has 0 unspecified atom stereocenters. The van der Waals surface area contributed by atoms with Crippen molar-refractivity contribution in [3.05, 3.63) is 82.4 Å². The van der Waals surface area contributed by atoms with E-state index in [1.807, 2.05) is 29.0 Å². The molecule has 0 N–H and O–H groups in total. The van der Waals surface area contributed by atoms with Crippen LogP contribution in [0.25, 0.3) is 11.6 Å². The fourth-order valence-electron chi connectivity index (χ4n) is 2.71. The number of non-ortho nitro benzene ring substituents is 1. The first-order chi connectivity index (χ1) is 13.1. The highest BCUT2D eigenvalue weighted by Gasteiger charge is 2.09. The lowest BCUT2D eigenvalue weighted by Gasteiger charge is -2.11. The number of rotatable bonds is 7. The van der Waals surface area contributed by atoms with Crippen molar-refractivity contribution in [2.45, 2.75) is 6.54 Å². The highest BCUT2D eigenvalue weighted by Crippen LogP contribution is 2.27. The molecule has 0 fully saturated rings. The first-order valence-electron chi connectivity index (χ1n) is 8.23. The van der Waals surface area contributed by atoms with Crippen LogP contribution in [0.5, 0.6) is 11.5 Å². The number of benzene rings is 2. The van der Waals surface area contributed by atoms with E-state index in [9.17, 15) is 10.1 Å². The highest BCUT2D eigenvalue weighted by atomic mass is 16.6. The van der Waals surface area contributed by atoms with E-state index >= 15 is 0 Å². The largest absolute Gasteiger partial charge is 0.497 e. The van der Waals surface area contributed by atoms with Gasteiger partial charge in [0.1, 0.15) is 11.5 Å². The number of allylic oxidation sites excluding steroid dienone is 1. The summed E-state index contributed by atoms with van der Waals surface area (Å²) in [7, 11) is 3.20. The second-order valence-corrected chi connectivity index (χ2v) is 5.85. The van der Waals surface area contributed by atoms with Crippen molar-refractivity contribution in [2.24, 2.45) is 0 Å². The molecular weight excluding hydrogens is 346 g/mol. The molecule has 0 saturated carbocycles. The molecule has 0 radical (unpaired) electrons. The third kappa shape index (κ3) is 4.52. The van der Waals surface area contributed by atoms with E-state index in [1.54, 1.807) is 44.9 Å². The molecule has 0 aliphatic rings. The Kier molecular flexibility index (Phi) is 5.51. The van der Waals surface area contributed by atoms with E-state index in [2.05, 4.69) is 4.98 Å². The Morgan fingerprint density at radius 1 is 1.15 bits per heavy atom. The zero-order valence-electron chi connectivity index (χ0n) is 15.0. The molecule has 0 aliphatic heterocycles. The molecule has 0 bridgehead atoms. The summed E-state index contributed by atoms with van der Waals surface area (Å²) in [6.07, 6.45) is 7.31. The summed E-state index contributed by atoms with van der Waals surface area (Å²) >= 11 is 0. The van der Waals surface area contributed by atoms with Crippen LogP contribution in [0, 0.1) is 10.1 Å². The molecule has 2 aromatic carbocycles. The van der Waals surface area contributed by atoms with Gasteiger partial charge in [-0.15, -0.1) is 0 Å². The maximum Gasteiger partial charge on any atom is 0.269 e. The number of ether oxygens (including phenoxy) is 2. The van der Waals surface area contributed by atoms with Crippen LogP contribution in [-0.2, 0) is 6.54 Å². The van der Waals surface area contributed by atoms with Gasteiger partial charge in [-0.05, 0) is 47.0 Å². The topological polar surface area (TPSA) is 79.4 Å². The Labute approximate surface area is 156 Å². The standard InChI is InChI=1S/C20H19N3O4/c1-26-19-10-15(11-20(12-19)27-2)9-17(13-22-8-7-21-14-22)16-3-5-18(6-4-16)23(24)25/h3-12,14H,13H2,1-2H3/b17-9+. The Morgan fingerprint density at radius 3 is 2.33 bits per heavy atom. The van der Waals surface area contributed by atoms with Crippen molar-refractivity contribution >= 4 is 17.3 Å². The number of aromatic nitrogens is 2. The smallest absolute Gasteiger partial charge is 0.269 e. The Hall–Kier alpha value is -3.61. The van der Waals surface area contributed by atoms with E-state index in [0.29, 0.717) is 18.0 Å². The fraction of sp³-hybridized carbons (Fsp3) is 0.150. The summed E-state index contributed by atoms with van der Waals surface area (Å²) in [6, 6.07) is 12.1. The van der Waals surface area contributed by atoms with Crippen molar-refractivity contribution < 1.29 is 14.4 Å². The van der Waals surface area contributed by atoms with Gasteiger partial charge in [-0.3, -0.25) is 10.1 Å². The van der Waals surface area contributed by atoms with E-state index in [1.165, 1.54) is 12.1 Å². The van der Waals surface area contributed by atoms with Crippen LogP contribution in [0.3, 0.4) is 0 Å². The number of imidazole rings is 1. The molecule has 0 aliphatic carbocycles. The summed E-state index contributed by atoms with van der Waals surface area (Å²) in [5.74, 6) is 1.37. The summed E-state index contributed by atoms with van der Waals surface area (Å²) < 4.78 is 12.6. The quantitative estimate of drug-likeness (QED) is 0.358. The molecule has 3 aromatic rings. The summed E-state index contributed by atoms with van der Waals surface area (Å²) in [5.41, 5.74) is 2.82. The Morgan fingerprint density at radius 2 is 1.81 bits per heavy atom. The lowest BCUT2D eigenvalue weighted by Crippen LogP contribution is -1.99.